The van der Waals surface area contributed by atoms with Gasteiger partial charge in [0.1, 0.15) is 10.6 Å². The molecule has 3 aromatic carbocycles. The maximum absolute atomic E-state index is 12.8. The fourth-order valence-electron chi connectivity index (χ4n) is 2.45. The summed E-state index contributed by atoms with van der Waals surface area (Å²) in [7, 11) is -4.17. The number of fused-ring (bicyclic) bond motifs is 1. The van der Waals surface area contributed by atoms with Crippen LogP contribution in [0.3, 0.4) is 0 Å². The van der Waals surface area contributed by atoms with Gasteiger partial charge < -0.3 is 10.2 Å². The normalized spacial score (nSPS) is 11.5. The number of carboxylic acids is 1. The smallest absolute Gasteiger partial charge is 0.337 e. The van der Waals surface area contributed by atoms with E-state index in [9.17, 15) is 23.4 Å². The number of carboxylic acid groups (broad SMARTS) is 1. The zero-order valence-electron chi connectivity index (χ0n) is 11.8. The quantitative estimate of drug-likeness (QED) is 0.771. The van der Waals surface area contributed by atoms with Crippen molar-refractivity contribution >= 4 is 26.6 Å². The van der Waals surface area contributed by atoms with Crippen LogP contribution in [-0.2, 0) is 9.84 Å². The van der Waals surface area contributed by atoms with E-state index < -0.39 is 15.8 Å². The van der Waals surface area contributed by atoms with Crippen LogP contribution >= 0.6 is 0 Å². The molecule has 5 nitrogen and oxygen atoms in total. The van der Waals surface area contributed by atoms with Gasteiger partial charge in [-0.1, -0.05) is 42.5 Å². The third-order valence-corrected chi connectivity index (χ3v) is 5.40. The van der Waals surface area contributed by atoms with E-state index in [0.29, 0.717) is 10.8 Å². The first-order chi connectivity index (χ1) is 10.9. The highest BCUT2D eigenvalue weighted by Crippen LogP contribution is 2.35. The average Bonchev–Trinajstić information content (AvgIpc) is 2.55. The molecule has 0 heterocycles. The molecule has 3 aromatic rings. The fraction of sp³-hybridized carbons (Fsp3) is 0. The Hall–Kier alpha value is -2.86. The van der Waals surface area contributed by atoms with Crippen LogP contribution < -0.4 is 0 Å². The highest BCUT2D eigenvalue weighted by Gasteiger charge is 2.27. The highest BCUT2D eigenvalue weighted by molar-refractivity contribution is 7.91. The van der Waals surface area contributed by atoms with E-state index in [1.54, 1.807) is 30.3 Å². The molecule has 0 aromatic heterocycles. The lowest BCUT2D eigenvalue weighted by molar-refractivity contribution is 0.0692. The number of aromatic carboxylic acids is 1. The first-order valence-electron chi connectivity index (χ1n) is 6.71. The van der Waals surface area contributed by atoms with Crippen molar-refractivity contribution in [2.45, 2.75) is 9.79 Å². The van der Waals surface area contributed by atoms with Crippen molar-refractivity contribution in [1.82, 2.24) is 0 Å². The minimum absolute atomic E-state index is 0.315. The molecule has 0 aliphatic heterocycles. The molecule has 0 spiro atoms. The lowest BCUT2D eigenvalue weighted by Gasteiger charge is -2.11. The van der Waals surface area contributed by atoms with E-state index in [2.05, 4.69) is 0 Å². The Balaban J connectivity index is 2.30. The summed E-state index contributed by atoms with van der Waals surface area (Å²) in [4.78, 5) is 10.6. The summed E-state index contributed by atoms with van der Waals surface area (Å²) in [5, 5.41) is 20.6. The van der Waals surface area contributed by atoms with Crippen LogP contribution in [-0.4, -0.2) is 24.6 Å². The van der Waals surface area contributed by atoms with Gasteiger partial charge in [0.15, 0.2) is 0 Å². The van der Waals surface area contributed by atoms with E-state index in [4.69, 9.17) is 0 Å². The first kappa shape index (κ1) is 15.1. The fourth-order valence-corrected chi connectivity index (χ4v) is 4.00. The monoisotopic (exact) mass is 328 g/mol. The molecule has 0 aliphatic rings. The number of phenols is 1. The van der Waals surface area contributed by atoms with Gasteiger partial charge in [-0.05, 0) is 23.6 Å². The SMILES string of the molecule is O=C(O)c1ccccc1S(=O)(=O)c1ccc2ccccc2c1O. The van der Waals surface area contributed by atoms with Gasteiger partial charge >= 0.3 is 5.97 Å². The van der Waals surface area contributed by atoms with Crippen LogP contribution in [0, 0.1) is 0 Å². The number of aromatic hydroxyl groups is 1. The summed E-state index contributed by atoms with van der Waals surface area (Å²) < 4.78 is 25.6. The molecule has 0 fully saturated rings. The highest BCUT2D eigenvalue weighted by atomic mass is 32.2. The lowest BCUT2D eigenvalue weighted by Crippen LogP contribution is -2.09. The number of benzene rings is 3. The Morgan fingerprint density at radius 1 is 0.826 bits per heavy atom. The van der Waals surface area contributed by atoms with Crippen LogP contribution in [0.25, 0.3) is 10.8 Å². The number of carbonyl (C=O) groups is 1. The molecule has 0 radical (unpaired) electrons. The molecule has 0 saturated carbocycles. The van der Waals surface area contributed by atoms with Gasteiger partial charge in [0.25, 0.3) is 0 Å². The summed E-state index contributed by atoms with van der Waals surface area (Å²) in [5.41, 5.74) is -0.333. The molecule has 0 bridgehead atoms. The van der Waals surface area contributed by atoms with Crippen LogP contribution in [0.2, 0.25) is 0 Å². The van der Waals surface area contributed by atoms with Crippen molar-refractivity contribution in [2.24, 2.45) is 0 Å². The molecule has 3 rings (SSSR count). The molecule has 23 heavy (non-hydrogen) atoms. The van der Waals surface area contributed by atoms with E-state index in [0.717, 1.165) is 0 Å². The second-order valence-corrected chi connectivity index (χ2v) is 6.82. The standard InChI is InChI=1S/C17H12O5S/c18-16-12-6-2-1-5-11(12)9-10-15(16)23(21,22)14-8-4-3-7-13(14)17(19)20/h1-10,18H,(H,19,20). The minimum atomic E-state index is -4.17. The summed E-state index contributed by atoms with van der Waals surface area (Å²) in [6, 6.07) is 15.0. The van der Waals surface area contributed by atoms with Crippen molar-refractivity contribution in [1.29, 1.82) is 0 Å². The van der Waals surface area contributed by atoms with Crippen LogP contribution in [0.1, 0.15) is 10.4 Å². The summed E-state index contributed by atoms with van der Waals surface area (Å²) in [5.74, 6) is -1.73. The average molecular weight is 328 g/mol. The Kier molecular flexibility index (Phi) is 3.54. The molecule has 0 saturated heterocycles. The zero-order chi connectivity index (χ0) is 16.6. The predicted octanol–water partition coefficient (Wildman–Crippen LogP) is 3.08. The molecule has 0 aliphatic carbocycles. The topological polar surface area (TPSA) is 91.7 Å². The van der Waals surface area contributed by atoms with E-state index >= 15 is 0 Å². The van der Waals surface area contributed by atoms with E-state index in [-0.39, 0.29) is 21.1 Å². The molecular weight excluding hydrogens is 316 g/mol. The van der Waals surface area contributed by atoms with E-state index in [1.807, 2.05) is 0 Å². The van der Waals surface area contributed by atoms with Gasteiger partial charge in [-0.3, -0.25) is 0 Å². The van der Waals surface area contributed by atoms with Gasteiger partial charge in [-0.25, -0.2) is 13.2 Å². The molecule has 0 amide bonds. The van der Waals surface area contributed by atoms with Gasteiger partial charge in [-0.15, -0.1) is 0 Å². The lowest BCUT2D eigenvalue weighted by atomic mass is 10.1. The molecule has 6 heteroatoms. The number of phenolic OH excluding ortho intramolecular Hbond substituents is 1. The van der Waals surface area contributed by atoms with Gasteiger partial charge in [-0.2, -0.15) is 0 Å². The number of rotatable bonds is 3. The predicted molar refractivity (Wildman–Crippen MR) is 84.5 cm³/mol. The van der Waals surface area contributed by atoms with Crippen molar-refractivity contribution in [3.63, 3.8) is 0 Å². The molecule has 116 valence electrons. The number of hydrogen-bond donors (Lipinski definition) is 2. The van der Waals surface area contributed by atoms with Gasteiger partial charge in [0.2, 0.25) is 9.84 Å². The van der Waals surface area contributed by atoms with Crippen molar-refractivity contribution in [3.05, 3.63) is 66.2 Å². The van der Waals surface area contributed by atoms with E-state index in [1.165, 1.54) is 30.3 Å². The minimum Gasteiger partial charge on any atom is -0.506 e. The van der Waals surface area contributed by atoms with Gasteiger partial charge in [0.05, 0.1) is 10.5 Å². The van der Waals surface area contributed by atoms with Gasteiger partial charge in [0, 0.05) is 5.39 Å². The van der Waals surface area contributed by atoms with Crippen molar-refractivity contribution < 1.29 is 23.4 Å². The molecule has 0 atom stereocenters. The second-order valence-electron chi connectivity index (χ2n) is 4.94. The Labute approximate surface area is 132 Å². The largest absolute Gasteiger partial charge is 0.506 e. The number of sulfone groups is 1. The summed E-state index contributed by atoms with van der Waals surface area (Å²) in [6.07, 6.45) is 0. The van der Waals surface area contributed by atoms with Crippen molar-refractivity contribution in [2.75, 3.05) is 0 Å². The Morgan fingerprint density at radius 2 is 1.48 bits per heavy atom. The number of hydrogen-bond acceptors (Lipinski definition) is 4. The summed E-state index contributed by atoms with van der Waals surface area (Å²) >= 11 is 0. The third kappa shape index (κ3) is 2.43. The van der Waals surface area contributed by atoms with Crippen LogP contribution in [0.15, 0.2) is 70.5 Å². The maximum Gasteiger partial charge on any atom is 0.337 e. The Morgan fingerprint density at radius 3 is 2.22 bits per heavy atom. The molecule has 0 unspecified atom stereocenters. The summed E-state index contributed by atoms with van der Waals surface area (Å²) in [6.45, 7) is 0. The Bertz CT molecular complexity index is 1020. The van der Waals surface area contributed by atoms with Crippen LogP contribution in [0.4, 0.5) is 0 Å². The first-order valence-corrected chi connectivity index (χ1v) is 8.19. The zero-order valence-corrected chi connectivity index (χ0v) is 12.6. The molecule has 2 N–H and O–H groups in total. The third-order valence-electron chi connectivity index (χ3n) is 3.56. The molecular formula is C17H12O5S. The van der Waals surface area contributed by atoms with Crippen LogP contribution in [0.5, 0.6) is 5.75 Å². The maximum atomic E-state index is 12.8. The van der Waals surface area contributed by atoms with Crippen molar-refractivity contribution in [3.8, 4) is 5.75 Å². The second kappa shape index (κ2) is 5.40.